The summed E-state index contributed by atoms with van der Waals surface area (Å²) >= 11 is 6.20. The average Bonchev–Trinajstić information content (AvgIpc) is 2.54. The van der Waals surface area contributed by atoms with E-state index in [0.717, 1.165) is 18.5 Å². The molecule has 1 fully saturated rings. The molecule has 1 unspecified atom stereocenters. The molecule has 0 aliphatic carbocycles. The van der Waals surface area contributed by atoms with Crippen molar-refractivity contribution in [2.45, 2.75) is 45.1 Å². The number of halogens is 2. The summed E-state index contributed by atoms with van der Waals surface area (Å²) in [7, 11) is 0. The lowest BCUT2D eigenvalue weighted by Gasteiger charge is -2.27. The van der Waals surface area contributed by atoms with Crippen molar-refractivity contribution < 1.29 is 9.18 Å². The van der Waals surface area contributed by atoms with Crippen LogP contribution in [0.2, 0.25) is 5.02 Å². The summed E-state index contributed by atoms with van der Waals surface area (Å²) in [5.41, 5.74) is 0.522. The number of carbonyl (C=O) groups excluding carboxylic acids is 1. The van der Waals surface area contributed by atoms with Crippen LogP contribution in [0.25, 0.3) is 0 Å². The Balaban J connectivity index is 2.07. The summed E-state index contributed by atoms with van der Waals surface area (Å²) in [6.07, 6.45) is 1.30. The molecular weight excluding hydrogens is 343 g/mol. The van der Waals surface area contributed by atoms with E-state index in [1.54, 1.807) is 6.07 Å². The Hall–Kier alpha value is -1.82. The SMILES string of the molecule is CCNC(=NCC(C)(C)c1ccc(F)cc1Cl)NC1CCC(=O)NC1. The summed E-state index contributed by atoms with van der Waals surface area (Å²) in [6, 6.07) is 4.62. The summed E-state index contributed by atoms with van der Waals surface area (Å²) in [4.78, 5) is 15.9. The van der Waals surface area contributed by atoms with E-state index in [2.05, 4.69) is 20.9 Å². The number of rotatable bonds is 5. The fraction of sp³-hybridized carbons (Fsp3) is 0.556. The number of carbonyl (C=O) groups is 1. The van der Waals surface area contributed by atoms with E-state index in [-0.39, 0.29) is 23.2 Å². The van der Waals surface area contributed by atoms with Gasteiger partial charge in [-0.15, -0.1) is 0 Å². The fourth-order valence-corrected chi connectivity index (χ4v) is 3.19. The highest BCUT2D eigenvalue weighted by Gasteiger charge is 2.24. The molecule has 1 atom stereocenters. The smallest absolute Gasteiger partial charge is 0.220 e. The first kappa shape index (κ1) is 19.5. The molecule has 7 heteroatoms. The Bertz CT molecular complexity index is 638. The zero-order chi connectivity index (χ0) is 18.4. The van der Waals surface area contributed by atoms with Crippen molar-refractivity contribution in [3.8, 4) is 0 Å². The summed E-state index contributed by atoms with van der Waals surface area (Å²) in [5, 5.41) is 9.84. The van der Waals surface area contributed by atoms with Gasteiger partial charge in [-0.3, -0.25) is 9.79 Å². The number of hydrogen-bond acceptors (Lipinski definition) is 2. The van der Waals surface area contributed by atoms with Crippen molar-refractivity contribution in [1.82, 2.24) is 16.0 Å². The quantitative estimate of drug-likeness (QED) is 0.553. The topological polar surface area (TPSA) is 65.5 Å². The number of hydrogen-bond donors (Lipinski definition) is 3. The Kier molecular flexibility index (Phi) is 6.64. The molecule has 25 heavy (non-hydrogen) atoms. The van der Waals surface area contributed by atoms with Gasteiger partial charge in [-0.2, -0.15) is 0 Å². The van der Waals surface area contributed by atoms with Gasteiger partial charge >= 0.3 is 0 Å². The molecule has 1 aromatic rings. The highest BCUT2D eigenvalue weighted by molar-refractivity contribution is 6.31. The molecule has 0 saturated carbocycles. The van der Waals surface area contributed by atoms with Gasteiger partial charge in [0, 0.05) is 36.0 Å². The second kappa shape index (κ2) is 8.52. The molecule has 1 saturated heterocycles. The van der Waals surface area contributed by atoms with Crippen LogP contribution in [-0.4, -0.2) is 37.5 Å². The zero-order valence-electron chi connectivity index (χ0n) is 15.0. The molecule has 5 nitrogen and oxygen atoms in total. The number of benzene rings is 1. The normalized spacial score (nSPS) is 18.7. The molecule has 1 aliphatic rings. The third-order valence-corrected chi connectivity index (χ3v) is 4.56. The maximum atomic E-state index is 13.3. The summed E-state index contributed by atoms with van der Waals surface area (Å²) < 4.78 is 13.3. The van der Waals surface area contributed by atoms with Crippen LogP contribution in [0, 0.1) is 5.82 Å². The lowest BCUT2D eigenvalue weighted by atomic mass is 9.84. The van der Waals surface area contributed by atoms with E-state index in [0.29, 0.717) is 30.5 Å². The van der Waals surface area contributed by atoms with E-state index in [9.17, 15) is 9.18 Å². The van der Waals surface area contributed by atoms with Crippen LogP contribution >= 0.6 is 11.6 Å². The molecule has 2 rings (SSSR count). The van der Waals surface area contributed by atoms with E-state index < -0.39 is 0 Å². The first-order valence-electron chi connectivity index (χ1n) is 8.59. The minimum atomic E-state index is -0.345. The second-order valence-electron chi connectivity index (χ2n) is 6.89. The molecule has 0 bridgehead atoms. The van der Waals surface area contributed by atoms with Gasteiger partial charge in [-0.05, 0) is 31.0 Å². The van der Waals surface area contributed by atoms with Crippen LogP contribution in [0.15, 0.2) is 23.2 Å². The van der Waals surface area contributed by atoms with Gasteiger partial charge in [-0.25, -0.2) is 4.39 Å². The second-order valence-corrected chi connectivity index (χ2v) is 7.29. The largest absolute Gasteiger partial charge is 0.357 e. The lowest BCUT2D eigenvalue weighted by molar-refractivity contribution is -0.122. The molecule has 0 spiro atoms. The standard InChI is InChI=1S/C18H26ClFN4O/c1-4-21-17(24-13-6-8-16(25)22-10-13)23-11-18(2,3)14-7-5-12(20)9-15(14)19/h5,7,9,13H,4,6,8,10-11H2,1-3H3,(H,22,25)(H2,21,23,24). The van der Waals surface area contributed by atoms with Crippen molar-refractivity contribution in [3.05, 3.63) is 34.6 Å². The number of amides is 1. The van der Waals surface area contributed by atoms with Gasteiger partial charge in [0.15, 0.2) is 5.96 Å². The van der Waals surface area contributed by atoms with E-state index >= 15 is 0 Å². The van der Waals surface area contributed by atoms with E-state index in [4.69, 9.17) is 11.6 Å². The number of nitrogens with zero attached hydrogens (tertiary/aromatic N) is 1. The van der Waals surface area contributed by atoms with Crippen LogP contribution in [0.4, 0.5) is 4.39 Å². The number of piperidine rings is 1. The first-order chi connectivity index (χ1) is 11.8. The predicted octanol–water partition coefficient (Wildman–Crippen LogP) is 2.59. The molecule has 1 amide bonds. The Morgan fingerprint density at radius 3 is 2.84 bits per heavy atom. The summed E-state index contributed by atoms with van der Waals surface area (Å²) in [5.74, 6) is 0.449. The van der Waals surface area contributed by atoms with Gasteiger partial charge in [0.1, 0.15) is 5.82 Å². The highest BCUT2D eigenvalue weighted by Crippen LogP contribution is 2.30. The summed E-state index contributed by atoms with van der Waals surface area (Å²) in [6.45, 7) is 7.88. The maximum Gasteiger partial charge on any atom is 0.220 e. The number of aliphatic imine (C=N–C) groups is 1. The van der Waals surface area contributed by atoms with E-state index in [1.165, 1.54) is 12.1 Å². The average molecular weight is 369 g/mol. The van der Waals surface area contributed by atoms with Crippen molar-refractivity contribution in [2.24, 2.45) is 4.99 Å². The number of nitrogens with one attached hydrogen (secondary N) is 3. The Morgan fingerprint density at radius 2 is 2.24 bits per heavy atom. The monoisotopic (exact) mass is 368 g/mol. The van der Waals surface area contributed by atoms with Gasteiger partial charge in [0.05, 0.1) is 6.54 Å². The third-order valence-electron chi connectivity index (χ3n) is 4.24. The molecule has 3 N–H and O–H groups in total. The minimum absolute atomic E-state index is 0.0899. The molecule has 0 aromatic heterocycles. The van der Waals surface area contributed by atoms with Crippen LogP contribution in [0.1, 0.15) is 39.2 Å². The molecule has 1 aliphatic heterocycles. The van der Waals surface area contributed by atoms with Crippen molar-refractivity contribution in [3.63, 3.8) is 0 Å². The van der Waals surface area contributed by atoms with Gasteiger partial charge in [0.2, 0.25) is 5.91 Å². The van der Waals surface area contributed by atoms with Crippen LogP contribution in [-0.2, 0) is 10.2 Å². The predicted molar refractivity (Wildman–Crippen MR) is 99.6 cm³/mol. The lowest BCUT2D eigenvalue weighted by Crippen LogP contribution is -2.51. The third kappa shape index (κ3) is 5.59. The van der Waals surface area contributed by atoms with Crippen LogP contribution < -0.4 is 16.0 Å². The van der Waals surface area contributed by atoms with Crippen molar-refractivity contribution in [1.29, 1.82) is 0 Å². The van der Waals surface area contributed by atoms with E-state index in [1.807, 2.05) is 20.8 Å². The molecule has 1 heterocycles. The molecule has 0 radical (unpaired) electrons. The number of guanidine groups is 1. The van der Waals surface area contributed by atoms with Crippen molar-refractivity contribution >= 4 is 23.5 Å². The van der Waals surface area contributed by atoms with Crippen LogP contribution in [0.3, 0.4) is 0 Å². The molecule has 138 valence electrons. The maximum absolute atomic E-state index is 13.3. The van der Waals surface area contributed by atoms with Gasteiger partial charge < -0.3 is 16.0 Å². The molecular formula is C18H26ClFN4O. The van der Waals surface area contributed by atoms with Crippen LogP contribution in [0.5, 0.6) is 0 Å². The van der Waals surface area contributed by atoms with Gasteiger partial charge in [0.25, 0.3) is 0 Å². The first-order valence-corrected chi connectivity index (χ1v) is 8.96. The Labute approximate surface area is 153 Å². The highest BCUT2D eigenvalue weighted by atomic mass is 35.5. The van der Waals surface area contributed by atoms with Crippen molar-refractivity contribution in [2.75, 3.05) is 19.6 Å². The fourth-order valence-electron chi connectivity index (χ4n) is 2.77. The minimum Gasteiger partial charge on any atom is -0.357 e. The zero-order valence-corrected chi connectivity index (χ0v) is 15.7. The Morgan fingerprint density at radius 1 is 1.48 bits per heavy atom. The molecule has 1 aromatic carbocycles. The van der Waals surface area contributed by atoms with Gasteiger partial charge in [-0.1, -0.05) is 31.5 Å².